The minimum absolute atomic E-state index is 0.0116. The second-order valence-electron chi connectivity index (χ2n) is 11.4. The van der Waals surface area contributed by atoms with Crippen LogP contribution in [0.5, 0.6) is 5.75 Å². The number of ether oxygens (including phenoxy) is 3. The van der Waals surface area contributed by atoms with Crippen LogP contribution >= 0.6 is 0 Å². The topological polar surface area (TPSA) is 90.8 Å². The highest BCUT2D eigenvalue weighted by Crippen LogP contribution is 2.63. The van der Waals surface area contributed by atoms with E-state index in [1.54, 1.807) is 0 Å². The van der Waals surface area contributed by atoms with Crippen LogP contribution < -0.4 is 4.74 Å². The first-order valence-corrected chi connectivity index (χ1v) is 12.9. The molecule has 1 N–H and O–H groups in total. The lowest BCUT2D eigenvalue weighted by molar-refractivity contribution is -0.316. The van der Waals surface area contributed by atoms with Gasteiger partial charge in [0.2, 0.25) is 5.82 Å². The van der Waals surface area contributed by atoms with Crippen molar-refractivity contribution in [2.75, 3.05) is 13.2 Å². The number of aromatic carboxylic acids is 1. The molecule has 6 atom stereocenters. The Morgan fingerprint density at radius 2 is 1.91 bits per heavy atom. The Morgan fingerprint density at radius 1 is 1.18 bits per heavy atom. The average molecular weight is 471 g/mol. The van der Waals surface area contributed by atoms with Gasteiger partial charge in [0.25, 0.3) is 0 Å². The summed E-state index contributed by atoms with van der Waals surface area (Å²) < 4.78 is 19.0. The van der Waals surface area contributed by atoms with Crippen molar-refractivity contribution in [2.45, 2.75) is 84.0 Å². The largest absolute Gasteiger partial charge is 0.490 e. The number of aromatic nitrogens is 2. The van der Waals surface area contributed by atoms with Gasteiger partial charge in [0.05, 0.1) is 31.7 Å². The lowest BCUT2D eigenvalue weighted by atomic mass is 9.46. The van der Waals surface area contributed by atoms with E-state index in [0.29, 0.717) is 30.1 Å². The zero-order valence-corrected chi connectivity index (χ0v) is 20.5. The Balaban J connectivity index is 1.25. The molecule has 3 aliphatic carbocycles. The molecule has 1 saturated heterocycles. The van der Waals surface area contributed by atoms with Crippen LogP contribution in [-0.2, 0) is 9.47 Å². The molecule has 4 aliphatic rings. The number of carboxylic acids is 1. The van der Waals surface area contributed by atoms with Gasteiger partial charge in [0.15, 0.2) is 12.0 Å². The zero-order chi connectivity index (χ0) is 23.9. The van der Waals surface area contributed by atoms with Gasteiger partial charge in [0, 0.05) is 11.3 Å². The maximum atomic E-state index is 11.0. The van der Waals surface area contributed by atoms with E-state index in [9.17, 15) is 4.79 Å². The van der Waals surface area contributed by atoms with Gasteiger partial charge in [-0.25, -0.2) is 14.8 Å². The molecule has 5 rings (SSSR count). The van der Waals surface area contributed by atoms with Crippen LogP contribution in [0.2, 0.25) is 0 Å². The monoisotopic (exact) mass is 470 g/mol. The van der Waals surface area contributed by atoms with Gasteiger partial charge in [-0.1, -0.05) is 38.8 Å². The second-order valence-corrected chi connectivity index (χ2v) is 11.4. The van der Waals surface area contributed by atoms with Gasteiger partial charge >= 0.3 is 5.97 Å². The Morgan fingerprint density at radius 3 is 2.62 bits per heavy atom. The van der Waals surface area contributed by atoms with Crippen LogP contribution in [-0.4, -0.2) is 46.7 Å². The molecule has 1 aliphatic heterocycles. The third-order valence-electron chi connectivity index (χ3n) is 9.45. The molecule has 1 aromatic rings. The van der Waals surface area contributed by atoms with Gasteiger partial charge in [0.1, 0.15) is 0 Å². The Labute approximate surface area is 202 Å². The van der Waals surface area contributed by atoms with Crippen molar-refractivity contribution in [3.63, 3.8) is 0 Å². The van der Waals surface area contributed by atoms with Gasteiger partial charge in [-0.3, -0.25) is 0 Å². The van der Waals surface area contributed by atoms with Gasteiger partial charge in [-0.2, -0.15) is 0 Å². The van der Waals surface area contributed by atoms with Crippen LogP contribution in [0.15, 0.2) is 24.5 Å². The third kappa shape index (κ3) is 4.15. The molecule has 186 valence electrons. The van der Waals surface area contributed by atoms with E-state index in [2.05, 4.69) is 30.4 Å². The summed E-state index contributed by atoms with van der Waals surface area (Å²) in [7, 11) is 0. The number of carboxylic acid groups (broad SMARTS) is 1. The summed E-state index contributed by atoms with van der Waals surface area (Å²) in [6.45, 7) is 10.6. The molecular weight excluding hydrogens is 432 g/mol. The van der Waals surface area contributed by atoms with E-state index >= 15 is 0 Å². The van der Waals surface area contributed by atoms with Crippen molar-refractivity contribution in [1.29, 1.82) is 0 Å². The number of allylic oxidation sites excluding steroid dienone is 1. The summed E-state index contributed by atoms with van der Waals surface area (Å²) in [6.07, 6.45) is 13.5. The molecule has 0 spiro atoms. The van der Waals surface area contributed by atoms with Crippen molar-refractivity contribution < 1.29 is 24.1 Å². The fourth-order valence-corrected chi connectivity index (χ4v) is 7.66. The first-order valence-electron chi connectivity index (χ1n) is 12.9. The summed E-state index contributed by atoms with van der Waals surface area (Å²) in [5, 5.41) is 8.97. The van der Waals surface area contributed by atoms with Crippen molar-refractivity contribution in [2.24, 2.45) is 28.6 Å². The first kappa shape index (κ1) is 23.7. The van der Waals surface area contributed by atoms with E-state index in [1.807, 2.05) is 0 Å². The molecule has 2 heterocycles. The van der Waals surface area contributed by atoms with E-state index in [0.717, 1.165) is 38.7 Å². The molecule has 0 amide bonds. The highest BCUT2D eigenvalue weighted by Gasteiger charge is 2.60. The minimum atomic E-state index is -1.14. The van der Waals surface area contributed by atoms with Crippen LogP contribution in [0.1, 0.15) is 82.3 Å². The first-order chi connectivity index (χ1) is 16.3. The van der Waals surface area contributed by atoms with E-state index in [4.69, 9.17) is 19.3 Å². The molecule has 0 radical (unpaired) electrons. The van der Waals surface area contributed by atoms with Crippen molar-refractivity contribution in [3.05, 3.63) is 30.4 Å². The van der Waals surface area contributed by atoms with E-state index in [1.165, 1.54) is 43.7 Å². The summed E-state index contributed by atoms with van der Waals surface area (Å²) in [6, 6.07) is 0. The summed E-state index contributed by atoms with van der Waals surface area (Å²) >= 11 is 0. The maximum absolute atomic E-state index is 11.0. The van der Waals surface area contributed by atoms with Crippen LogP contribution in [0, 0.1) is 28.6 Å². The van der Waals surface area contributed by atoms with Crippen molar-refractivity contribution in [1.82, 2.24) is 9.97 Å². The molecule has 1 aromatic heterocycles. The quantitative estimate of drug-likeness (QED) is 0.567. The third-order valence-corrected chi connectivity index (χ3v) is 9.45. The van der Waals surface area contributed by atoms with Crippen molar-refractivity contribution in [3.8, 4) is 5.75 Å². The van der Waals surface area contributed by atoms with E-state index in [-0.39, 0.29) is 29.0 Å². The Hall–Kier alpha value is -1.99. The smallest absolute Gasteiger partial charge is 0.373 e. The normalized spacial score (nSPS) is 38.2. The number of rotatable bonds is 6. The molecule has 4 fully saturated rings. The number of fused-ring (bicyclic) bond motifs is 3. The fourth-order valence-electron chi connectivity index (χ4n) is 7.66. The van der Waals surface area contributed by atoms with Crippen LogP contribution in [0.4, 0.5) is 0 Å². The fraction of sp³-hybridized carbons (Fsp3) is 0.741. The predicted octanol–water partition coefficient (Wildman–Crippen LogP) is 5.26. The molecule has 7 nitrogen and oxygen atoms in total. The molecule has 34 heavy (non-hydrogen) atoms. The predicted molar refractivity (Wildman–Crippen MR) is 126 cm³/mol. The highest BCUT2D eigenvalue weighted by molar-refractivity contribution is 5.82. The number of hydrogen-bond donors (Lipinski definition) is 1. The molecule has 0 aromatic carbocycles. The number of hydrogen-bond acceptors (Lipinski definition) is 6. The lowest BCUT2D eigenvalue weighted by Crippen LogP contribution is -2.62. The maximum Gasteiger partial charge on any atom is 0.373 e. The zero-order valence-electron chi connectivity index (χ0n) is 20.5. The van der Waals surface area contributed by atoms with Gasteiger partial charge in [-0.15, -0.1) is 0 Å². The van der Waals surface area contributed by atoms with Gasteiger partial charge in [-0.05, 0) is 62.2 Å². The number of carbonyl (C=O) groups is 1. The Kier molecular flexibility index (Phi) is 6.44. The highest BCUT2D eigenvalue weighted by atomic mass is 16.7. The van der Waals surface area contributed by atoms with Crippen LogP contribution in [0.25, 0.3) is 0 Å². The molecular formula is C27H38N2O5. The molecule has 3 saturated carbocycles. The lowest BCUT2D eigenvalue weighted by Gasteiger charge is -2.63. The SMILES string of the molecule is C=C1CCC2[C@]3(C)CO[C@@H](C4CCCC4)O[C@@H]3CC[C@@]2(C)[C@@H]1CCOc1cnc(C(=O)O)nc1. The summed E-state index contributed by atoms with van der Waals surface area (Å²) in [5.41, 5.74) is 1.49. The van der Waals surface area contributed by atoms with Crippen LogP contribution in [0.3, 0.4) is 0 Å². The summed E-state index contributed by atoms with van der Waals surface area (Å²) in [5.74, 6) is 0.602. The molecule has 7 heteroatoms. The second kappa shape index (κ2) is 9.23. The minimum Gasteiger partial charge on any atom is -0.490 e. The van der Waals surface area contributed by atoms with Gasteiger partial charge < -0.3 is 19.3 Å². The Bertz CT molecular complexity index is 914. The average Bonchev–Trinajstić information content (AvgIpc) is 3.35. The van der Waals surface area contributed by atoms with Crippen molar-refractivity contribution >= 4 is 5.97 Å². The summed E-state index contributed by atoms with van der Waals surface area (Å²) in [4.78, 5) is 18.6. The number of nitrogens with zero attached hydrogens (tertiary/aromatic N) is 2. The molecule has 0 bridgehead atoms. The standard InChI is InChI=1S/C27H38N2O5/c1-17-8-9-21-26(2,20(17)11-13-32-19-14-28-23(24(30)31)29-15-19)12-10-22-27(21,3)16-33-25(34-22)18-6-4-5-7-18/h14-15,18,20-22,25H,1,4-13,16H2,2-3H3,(H,30,31)/t20-,21?,22-,25-,26+,27+/m1/s1. The van der Waals surface area contributed by atoms with E-state index < -0.39 is 5.97 Å². The molecule has 1 unspecified atom stereocenters.